The summed E-state index contributed by atoms with van der Waals surface area (Å²) in [6.07, 6.45) is 0. The van der Waals surface area contributed by atoms with Gasteiger partial charge in [-0.15, -0.1) is 5.10 Å². The van der Waals surface area contributed by atoms with Crippen molar-refractivity contribution < 1.29 is 9.47 Å². The van der Waals surface area contributed by atoms with Gasteiger partial charge in [0.25, 0.3) is 0 Å². The van der Waals surface area contributed by atoms with Gasteiger partial charge in [0.15, 0.2) is 0 Å². The number of nitriles is 1. The summed E-state index contributed by atoms with van der Waals surface area (Å²) < 4.78 is 12.0. The molecule has 0 saturated carbocycles. The number of benzene rings is 1. The fourth-order valence-corrected chi connectivity index (χ4v) is 3.24. The normalized spacial score (nSPS) is 19.7. The average molecular weight is 375 g/mol. The minimum atomic E-state index is -0.729. The van der Waals surface area contributed by atoms with Gasteiger partial charge in [0.2, 0.25) is 11.8 Å². The van der Waals surface area contributed by atoms with Crippen LogP contribution in [0.4, 0.5) is 0 Å². The van der Waals surface area contributed by atoms with Crippen LogP contribution in [-0.4, -0.2) is 22.7 Å². The van der Waals surface area contributed by atoms with E-state index in [1.807, 2.05) is 32.0 Å². The molecule has 2 atom stereocenters. The van der Waals surface area contributed by atoms with Crippen LogP contribution < -0.4 is 9.47 Å². The molecule has 0 amide bonds. The van der Waals surface area contributed by atoms with Gasteiger partial charge in [-0.1, -0.05) is 15.9 Å². The highest BCUT2D eigenvalue weighted by molar-refractivity contribution is 9.10. The Labute approximate surface area is 142 Å². The predicted octanol–water partition coefficient (Wildman–Crippen LogP) is 3.52. The second kappa shape index (κ2) is 6.05. The molecule has 2 N–H and O–H groups in total. The van der Waals surface area contributed by atoms with Crippen LogP contribution in [-0.2, 0) is 0 Å². The SMILES string of the molecule is CCOc1ccc(Br)cc1C1c2c(n[nH]c2C)OC(=N)C1C#N. The molecule has 6 nitrogen and oxygen atoms in total. The summed E-state index contributed by atoms with van der Waals surface area (Å²) in [6.45, 7) is 4.31. The number of aromatic amines is 1. The van der Waals surface area contributed by atoms with Gasteiger partial charge in [0, 0.05) is 27.2 Å². The maximum Gasteiger partial charge on any atom is 0.243 e. The minimum absolute atomic E-state index is 0.0982. The standard InChI is InChI=1S/C16H15BrN4O2/c1-3-22-12-5-4-9(17)6-10(12)14-11(7-18)15(19)23-16-13(14)8(2)20-21-16/h4-6,11,14,19H,3H2,1-2H3,(H,20,21). The van der Waals surface area contributed by atoms with Crippen molar-refractivity contribution in [2.45, 2.75) is 19.8 Å². The van der Waals surface area contributed by atoms with Crippen molar-refractivity contribution in [3.05, 3.63) is 39.5 Å². The van der Waals surface area contributed by atoms with Crippen LogP contribution in [0, 0.1) is 29.6 Å². The summed E-state index contributed by atoms with van der Waals surface area (Å²) in [6, 6.07) is 7.87. The molecule has 1 aliphatic rings. The predicted molar refractivity (Wildman–Crippen MR) is 87.9 cm³/mol. The molecule has 0 radical (unpaired) electrons. The molecule has 1 aromatic carbocycles. The number of aryl methyl sites for hydroxylation is 1. The van der Waals surface area contributed by atoms with E-state index in [-0.39, 0.29) is 11.8 Å². The molecular weight excluding hydrogens is 360 g/mol. The highest BCUT2D eigenvalue weighted by Gasteiger charge is 2.41. The first-order chi connectivity index (χ1) is 11.1. The number of ether oxygens (including phenoxy) is 2. The number of halogens is 1. The molecule has 2 aromatic rings. The summed E-state index contributed by atoms with van der Waals surface area (Å²) in [7, 11) is 0. The maximum atomic E-state index is 9.58. The van der Waals surface area contributed by atoms with Gasteiger partial charge in [-0.25, -0.2) is 0 Å². The molecule has 0 fully saturated rings. The van der Waals surface area contributed by atoms with Crippen molar-refractivity contribution >= 4 is 21.8 Å². The summed E-state index contributed by atoms with van der Waals surface area (Å²) in [5.41, 5.74) is 2.46. The zero-order chi connectivity index (χ0) is 16.6. The Hall–Kier alpha value is -2.33. The third-order valence-electron chi connectivity index (χ3n) is 3.84. The van der Waals surface area contributed by atoms with Crippen molar-refractivity contribution in [1.29, 1.82) is 10.7 Å². The van der Waals surface area contributed by atoms with E-state index in [1.54, 1.807) is 0 Å². The Morgan fingerprint density at radius 3 is 3.00 bits per heavy atom. The number of hydrogen-bond acceptors (Lipinski definition) is 5. The van der Waals surface area contributed by atoms with E-state index in [9.17, 15) is 5.26 Å². The molecule has 1 aliphatic heterocycles. The lowest BCUT2D eigenvalue weighted by atomic mass is 9.79. The Bertz CT molecular complexity index is 809. The lowest BCUT2D eigenvalue weighted by Gasteiger charge is -2.29. The Balaban J connectivity index is 2.24. The molecule has 0 bridgehead atoms. The molecule has 0 saturated heterocycles. The van der Waals surface area contributed by atoms with E-state index in [4.69, 9.17) is 14.9 Å². The van der Waals surface area contributed by atoms with Gasteiger partial charge in [-0.3, -0.25) is 10.5 Å². The fourth-order valence-electron chi connectivity index (χ4n) is 2.86. The first kappa shape index (κ1) is 15.6. The van der Waals surface area contributed by atoms with Gasteiger partial charge in [0.1, 0.15) is 11.7 Å². The third kappa shape index (κ3) is 2.59. The number of H-pyrrole nitrogens is 1. The van der Waals surface area contributed by atoms with E-state index >= 15 is 0 Å². The van der Waals surface area contributed by atoms with Crippen molar-refractivity contribution in [2.75, 3.05) is 6.61 Å². The highest BCUT2D eigenvalue weighted by Crippen LogP contribution is 2.46. The van der Waals surface area contributed by atoms with Gasteiger partial charge in [-0.05, 0) is 32.0 Å². The Morgan fingerprint density at radius 2 is 2.30 bits per heavy atom. The molecule has 2 heterocycles. The molecule has 7 heteroatoms. The lowest BCUT2D eigenvalue weighted by molar-refractivity contribution is 0.332. The van der Waals surface area contributed by atoms with Crippen molar-refractivity contribution in [1.82, 2.24) is 10.2 Å². The average Bonchev–Trinajstić information content (AvgIpc) is 2.89. The van der Waals surface area contributed by atoms with E-state index in [2.05, 4.69) is 32.2 Å². The number of fused-ring (bicyclic) bond motifs is 1. The minimum Gasteiger partial charge on any atom is -0.494 e. The molecule has 23 heavy (non-hydrogen) atoms. The zero-order valence-electron chi connectivity index (χ0n) is 12.7. The summed E-state index contributed by atoms with van der Waals surface area (Å²) in [5, 5.41) is 24.6. The van der Waals surface area contributed by atoms with E-state index in [0.29, 0.717) is 18.2 Å². The Kier molecular flexibility index (Phi) is 4.09. The lowest BCUT2D eigenvalue weighted by Crippen LogP contribution is -2.31. The van der Waals surface area contributed by atoms with Crippen LogP contribution in [0.3, 0.4) is 0 Å². The van der Waals surface area contributed by atoms with E-state index in [1.165, 1.54) is 0 Å². The second-order valence-corrected chi connectivity index (χ2v) is 6.15. The van der Waals surface area contributed by atoms with Crippen LogP contribution in [0.2, 0.25) is 0 Å². The van der Waals surface area contributed by atoms with Gasteiger partial charge in [0.05, 0.1) is 12.7 Å². The van der Waals surface area contributed by atoms with Gasteiger partial charge in [-0.2, -0.15) is 5.26 Å². The van der Waals surface area contributed by atoms with E-state index in [0.717, 1.165) is 21.3 Å². The highest BCUT2D eigenvalue weighted by atomic mass is 79.9. The van der Waals surface area contributed by atoms with E-state index < -0.39 is 5.92 Å². The monoisotopic (exact) mass is 374 g/mol. The molecule has 2 unspecified atom stereocenters. The second-order valence-electron chi connectivity index (χ2n) is 5.23. The van der Waals surface area contributed by atoms with Crippen LogP contribution in [0.25, 0.3) is 0 Å². The first-order valence-electron chi connectivity index (χ1n) is 7.19. The quantitative estimate of drug-likeness (QED) is 0.858. The third-order valence-corrected chi connectivity index (χ3v) is 4.33. The summed E-state index contributed by atoms with van der Waals surface area (Å²) in [4.78, 5) is 0. The van der Waals surface area contributed by atoms with Crippen LogP contribution in [0.1, 0.15) is 29.7 Å². The molecular formula is C16H15BrN4O2. The van der Waals surface area contributed by atoms with Gasteiger partial charge < -0.3 is 9.47 Å². The zero-order valence-corrected chi connectivity index (χ0v) is 14.3. The Morgan fingerprint density at radius 1 is 1.52 bits per heavy atom. The smallest absolute Gasteiger partial charge is 0.243 e. The number of nitrogens with one attached hydrogen (secondary N) is 2. The molecule has 3 rings (SSSR count). The maximum absolute atomic E-state index is 9.58. The number of aromatic nitrogens is 2. The van der Waals surface area contributed by atoms with Gasteiger partial charge >= 0.3 is 0 Å². The number of nitrogens with zero attached hydrogens (tertiary/aromatic N) is 2. The largest absolute Gasteiger partial charge is 0.494 e. The number of hydrogen-bond donors (Lipinski definition) is 2. The van der Waals surface area contributed by atoms with Crippen LogP contribution in [0.5, 0.6) is 11.6 Å². The number of rotatable bonds is 3. The molecule has 1 aromatic heterocycles. The first-order valence-corrected chi connectivity index (χ1v) is 7.99. The van der Waals surface area contributed by atoms with Crippen LogP contribution in [0.15, 0.2) is 22.7 Å². The molecule has 118 valence electrons. The van der Waals surface area contributed by atoms with Crippen molar-refractivity contribution in [3.63, 3.8) is 0 Å². The van der Waals surface area contributed by atoms with Crippen molar-refractivity contribution in [2.24, 2.45) is 5.92 Å². The molecule has 0 spiro atoms. The van der Waals surface area contributed by atoms with Crippen molar-refractivity contribution in [3.8, 4) is 17.7 Å². The summed E-state index contributed by atoms with van der Waals surface area (Å²) in [5.74, 6) is -0.145. The topological polar surface area (TPSA) is 94.8 Å². The summed E-state index contributed by atoms with van der Waals surface area (Å²) >= 11 is 3.47. The van der Waals surface area contributed by atoms with Crippen LogP contribution >= 0.6 is 15.9 Å². The molecule has 0 aliphatic carbocycles. The fraction of sp³-hybridized carbons (Fsp3) is 0.312.